The van der Waals surface area contributed by atoms with Gasteiger partial charge in [-0.05, 0) is 50.3 Å². The number of amides is 1. The first-order chi connectivity index (χ1) is 14.2. The summed E-state index contributed by atoms with van der Waals surface area (Å²) in [7, 11) is 1.67. The minimum atomic E-state index is -0.166. The van der Waals surface area contributed by atoms with Crippen LogP contribution >= 0.6 is 0 Å². The molecule has 1 aliphatic carbocycles. The van der Waals surface area contributed by atoms with Crippen LogP contribution in [0, 0.1) is 0 Å². The summed E-state index contributed by atoms with van der Waals surface area (Å²) in [5, 5.41) is 7.08. The van der Waals surface area contributed by atoms with Gasteiger partial charge in [0.25, 0.3) is 5.91 Å². The van der Waals surface area contributed by atoms with Crippen LogP contribution in [-0.4, -0.2) is 48.8 Å². The van der Waals surface area contributed by atoms with Crippen LogP contribution in [-0.2, 0) is 19.4 Å². The number of carbonyl (C=O) groups is 1. The summed E-state index contributed by atoms with van der Waals surface area (Å²) >= 11 is 0. The van der Waals surface area contributed by atoms with E-state index in [0.29, 0.717) is 12.3 Å². The van der Waals surface area contributed by atoms with Gasteiger partial charge in [-0.2, -0.15) is 0 Å². The standard InChI is InChI=1S/C22H29N3O4/c1-3-16-14-25(13-15-12-17(27-2)8-9-20(15)28-16)11-10-23-22(26)21-18-6-4-5-7-19(18)24-29-21/h8-9,12,16H,3-7,10-11,13-14H2,1-2H3,(H,23,26). The van der Waals surface area contributed by atoms with E-state index in [1.54, 1.807) is 7.11 Å². The lowest BCUT2D eigenvalue weighted by molar-refractivity contribution is 0.0905. The Labute approximate surface area is 171 Å². The van der Waals surface area contributed by atoms with Gasteiger partial charge in [0.05, 0.1) is 12.8 Å². The predicted molar refractivity (Wildman–Crippen MR) is 108 cm³/mol. The number of carbonyl (C=O) groups excluding carboxylic acids is 1. The Kier molecular flexibility index (Phi) is 6.04. The van der Waals surface area contributed by atoms with Crippen LogP contribution in [0.3, 0.4) is 0 Å². The molecule has 1 unspecified atom stereocenters. The smallest absolute Gasteiger partial charge is 0.290 e. The molecule has 1 aromatic carbocycles. The Morgan fingerprint density at radius 3 is 3.03 bits per heavy atom. The van der Waals surface area contributed by atoms with E-state index in [2.05, 4.69) is 22.3 Å². The molecule has 0 bridgehead atoms. The average molecular weight is 399 g/mol. The molecular weight excluding hydrogens is 370 g/mol. The molecule has 1 aliphatic heterocycles. The molecule has 2 aliphatic rings. The molecule has 4 rings (SSSR count). The van der Waals surface area contributed by atoms with E-state index in [0.717, 1.165) is 80.1 Å². The van der Waals surface area contributed by atoms with Gasteiger partial charge in [-0.1, -0.05) is 12.1 Å². The van der Waals surface area contributed by atoms with Gasteiger partial charge in [0.1, 0.15) is 17.6 Å². The van der Waals surface area contributed by atoms with Crippen molar-refractivity contribution in [3.05, 3.63) is 40.8 Å². The molecule has 0 radical (unpaired) electrons. The highest BCUT2D eigenvalue weighted by molar-refractivity contribution is 5.93. The Hall–Kier alpha value is -2.54. The molecule has 29 heavy (non-hydrogen) atoms. The molecule has 0 spiro atoms. The summed E-state index contributed by atoms with van der Waals surface area (Å²) in [5.74, 6) is 1.96. The Morgan fingerprint density at radius 1 is 1.34 bits per heavy atom. The Bertz CT molecular complexity index is 864. The average Bonchev–Trinajstić information content (AvgIpc) is 3.09. The predicted octanol–water partition coefficient (Wildman–Crippen LogP) is 2.97. The van der Waals surface area contributed by atoms with Gasteiger partial charge in [-0.25, -0.2) is 0 Å². The van der Waals surface area contributed by atoms with E-state index in [9.17, 15) is 4.79 Å². The largest absolute Gasteiger partial charge is 0.497 e. The number of benzene rings is 1. The number of hydrogen-bond donors (Lipinski definition) is 1. The molecule has 7 nitrogen and oxygen atoms in total. The van der Waals surface area contributed by atoms with Crippen molar-refractivity contribution in [3.8, 4) is 11.5 Å². The second-order valence-corrected chi connectivity index (χ2v) is 7.76. The van der Waals surface area contributed by atoms with Crippen LogP contribution in [0.4, 0.5) is 0 Å². The monoisotopic (exact) mass is 399 g/mol. The van der Waals surface area contributed by atoms with Gasteiger partial charge in [-0.15, -0.1) is 0 Å². The van der Waals surface area contributed by atoms with Gasteiger partial charge in [0.15, 0.2) is 0 Å². The van der Waals surface area contributed by atoms with E-state index in [4.69, 9.17) is 14.0 Å². The first-order valence-electron chi connectivity index (χ1n) is 10.5. The summed E-state index contributed by atoms with van der Waals surface area (Å²) in [4.78, 5) is 14.9. The molecule has 1 amide bonds. The topological polar surface area (TPSA) is 76.8 Å². The Balaban J connectivity index is 1.38. The van der Waals surface area contributed by atoms with Crippen molar-refractivity contribution in [1.29, 1.82) is 0 Å². The van der Waals surface area contributed by atoms with Crippen LogP contribution in [0.25, 0.3) is 0 Å². The highest BCUT2D eigenvalue weighted by Crippen LogP contribution is 2.29. The number of aromatic nitrogens is 1. The molecule has 0 saturated heterocycles. The van der Waals surface area contributed by atoms with Crippen molar-refractivity contribution in [2.75, 3.05) is 26.7 Å². The molecule has 0 fully saturated rings. The first-order valence-corrected chi connectivity index (χ1v) is 10.5. The van der Waals surface area contributed by atoms with Crippen molar-refractivity contribution in [1.82, 2.24) is 15.4 Å². The molecule has 7 heteroatoms. The molecule has 2 aromatic rings. The van der Waals surface area contributed by atoms with Gasteiger partial charge < -0.3 is 19.3 Å². The normalized spacial score (nSPS) is 18.9. The maximum Gasteiger partial charge on any atom is 0.290 e. The lowest BCUT2D eigenvalue weighted by atomic mass is 9.96. The number of nitrogens with zero attached hydrogens (tertiary/aromatic N) is 2. The van der Waals surface area contributed by atoms with Gasteiger partial charge in [-0.3, -0.25) is 9.69 Å². The second kappa shape index (κ2) is 8.86. The first kappa shape index (κ1) is 19.8. The van der Waals surface area contributed by atoms with E-state index in [-0.39, 0.29) is 12.0 Å². The molecule has 2 heterocycles. The van der Waals surface area contributed by atoms with E-state index in [1.165, 1.54) is 0 Å². The summed E-state index contributed by atoms with van der Waals surface area (Å²) in [6.45, 7) is 4.99. The highest BCUT2D eigenvalue weighted by atomic mass is 16.5. The molecule has 1 aromatic heterocycles. The van der Waals surface area contributed by atoms with Crippen LogP contribution in [0.1, 0.15) is 53.6 Å². The second-order valence-electron chi connectivity index (χ2n) is 7.76. The minimum absolute atomic E-state index is 0.127. The van der Waals surface area contributed by atoms with Crippen LogP contribution in [0.2, 0.25) is 0 Å². The number of aryl methyl sites for hydroxylation is 1. The summed E-state index contributed by atoms with van der Waals surface area (Å²) < 4.78 is 16.9. The third kappa shape index (κ3) is 4.40. The molecular formula is C22H29N3O4. The van der Waals surface area contributed by atoms with Crippen LogP contribution in [0.15, 0.2) is 22.7 Å². The quantitative estimate of drug-likeness (QED) is 0.805. The number of ether oxygens (including phenoxy) is 2. The zero-order chi connectivity index (χ0) is 20.2. The number of fused-ring (bicyclic) bond motifs is 2. The summed E-state index contributed by atoms with van der Waals surface area (Å²) in [6.07, 6.45) is 5.04. The van der Waals surface area contributed by atoms with Crippen molar-refractivity contribution in [3.63, 3.8) is 0 Å². The zero-order valence-corrected chi connectivity index (χ0v) is 17.2. The van der Waals surface area contributed by atoms with Crippen molar-refractivity contribution in [2.45, 2.75) is 51.7 Å². The summed E-state index contributed by atoms with van der Waals surface area (Å²) in [6, 6.07) is 5.94. The fourth-order valence-electron chi connectivity index (χ4n) is 4.09. The number of methoxy groups -OCH3 is 1. The van der Waals surface area contributed by atoms with Crippen LogP contribution in [0.5, 0.6) is 11.5 Å². The van der Waals surface area contributed by atoms with Crippen molar-refractivity contribution < 1.29 is 18.8 Å². The third-order valence-corrected chi connectivity index (χ3v) is 5.75. The third-order valence-electron chi connectivity index (χ3n) is 5.75. The number of nitrogens with one attached hydrogen (secondary N) is 1. The molecule has 1 atom stereocenters. The molecule has 156 valence electrons. The van der Waals surface area contributed by atoms with E-state index >= 15 is 0 Å². The van der Waals surface area contributed by atoms with Gasteiger partial charge in [0, 0.05) is 37.3 Å². The Morgan fingerprint density at radius 2 is 2.21 bits per heavy atom. The van der Waals surface area contributed by atoms with Crippen molar-refractivity contribution >= 4 is 5.91 Å². The fourth-order valence-corrected chi connectivity index (χ4v) is 4.09. The maximum atomic E-state index is 12.6. The number of rotatable bonds is 6. The van der Waals surface area contributed by atoms with Crippen LogP contribution < -0.4 is 14.8 Å². The highest BCUT2D eigenvalue weighted by Gasteiger charge is 2.25. The molecule has 0 saturated carbocycles. The van der Waals surface area contributed by atoms with E-state index in [1.807, 2.05) is 18.2 Å². The fraction of sp³-hybridized carbons (Fsp3) is 0.545. The molecule has 1 N–H and O–H groups in total. The van der Waals surface area contributed by atoms with Crippen molar-refractivity contribution in [2.24, 2.45) is 0 Å². The number of hydrogen-bond acceptors (Lipinski definition) is 6. The minimum Gasteiger partial charge on any atom is -0.497 e. The van der Waals surface area contributed by atoms with Gasteiger partial charge >= 0.3 is 0 Å². The maximum absolute atomic E-state index is 12.6. The lowest BCUT2D eigenvalue weighted by Crippen LogP contribution is -2.38. The zero-order valence-electron chi connectivity index (χ0n) is 17.2. The SMILES string of the molecule is CCC1CN(CCNC(=O)c2onc3c2CCCC3)Cc2cc(OC)ccc2O1. The van der Waals surface area contributed by atoms with E-state index < -0.39 is 0 Å². The lowest BCUT2D eigenvalue weighted by Gasteiger charge is -2.23. The van der Waals surface area contributed by atoms with Gasteiger partial charge in [0.2, 0.25) is 5.76 Å². The summed E-state index contributed by atoms with van der Waals surface area (Å²) in [5.41, 5.74) is 3.04.